The molecule has 0 saturated heterocycles. The Morgan fingerprint density at radius 1 is 1.03 bits per heavy atom. The maximum Gasteiger partial charge on any atom is 0.162 e. The molecule has 1 N–H and O–H groups in total. The molecule has 0 amide bonds. The third kappa shape index (κ3) is 3.32. The highest BCUT2D eigenvalue weighted by molar-refractivity contribution is 6.01. The van der Waals surface area contributed by atoms with Crippen molar-refractivity contribution < 1.29 is 9.53 Å². The lowest BCUT2D eigenvalue weighted by Gasteiger charge is -2.38. The van der Waals surface area contributed by atoms with Crippen molar-refractivity contribution in [3.05, 3.63) is 82.2 Å². The summed E-state index contributed by atoms with van der Waals surface area (Å²) in [5, 5.41) is 8.56. The molecule has 164 valence electrons. The van der Waals surface area contributed by atoms with Crippen molar-refractivity contribution in [1.82, 2.24) is 9.78 Å². The second-order valence-electron chi connectivity index (χ2n) is 9.76. The number of Topliss-reactive ketones (excluding diaryl/α,β-unsaturated/α-hetero) is 1. The Hall–Kier alpha value is -3.34. The summed E-state index contributed by atoms with van der Waals surface area (Å²) in [6.45, 7) is 8.44. The van der Waals surface area contributed by atoms with E-state index in [4.69, 9.17) is 9.84 Å². The maximum atomic E-state index is 13.4. The molecule has 5 nitrogen and oxygen atoms in total. The molecule has 0 saturated carbocycles. The van der Waals surface area contributed by atoms with E-state index in [1.807, 2.05) is 23.7 Å². The van der Waals surface area contributed by atoms with Gasteiger partial charge in [-0.25, -0.2) is 4.68 Å². The van der Waals surface area contributed by atoms with Crippen LogP contribution >= 0.6 is 0 Å². The van der Waals surface area contributed by atoms with Crippen molar-refractivity contribution in [2.45, 2.75) is 46.5 Å². The number of fused-ring (bicyclic) bond motifs is 1. The van der Waals surface area contributed by atoms with Gasteiger partial charge in [-0.3, -0.25) is 4.79 Å². The summed E-state index contributed by atoms with van der Waals surface area (Å²) in [7, 11) is 1.67. The molecule has 5 rings (SSSR count). The molecule has 1 aliphatic carbocycles. The van der Waals surface area contributed by atoms with Crippen LogP contribution in [0.15, 0.2) is 59.8 Å². The van der Waals surface area contributed by atoms with E-state index in [2.05, 4.69) is 62.5 Å². The van der Waals surface area contributed by atoms with E-state index in [1.165, 1.54) is 5.56 Å². The van der Waals surface area contributed by atoms with Crippen molar-refractivity contribution in [2.24, 2.45) is 5.41 Å². The molecule has 0 bridgehead atoms. The predicted octanol–water partition coefficient (Wildman–Crippen LogP) is 5.70. The monoisotopic (exact) mass is 427 g/mol. The maximum absolute atomic E-state index is 13.4. The fourth-order valence-electron chi connectivity index (χ4n) is 5.08. The summed E-state index contributed by atoms with van der Waals surface area (Å²) in [6, 6.07) is 16.4. The zero-order valence-corrected chi connectivity index (χ0v) is 19.3. The highest BCUT2D eigenvalue weighted by Gasteiger charge is 2.42. The van der Waals surface area contributed by atoms with E-state index in [0.29, 0.717) is 6.42 Å². The van der Waals surface area contributed by atoms with Gasteiger partial charge in [0.15, 0.2) is 5.78 Å². The Kier molecular flexibility index (Phi) is 4.73. The van der Waals surface area contributed by atoms with Crippen LogP contribution in [0, 0.1) is 19.3 Å². The van der Waals surface area contributed by atoms with Gasteiger partial charge in [-0.2, -0.15) is 5.10 Å². The molecule has 5 heteroatoms. The average Bonchev–Trinajstić information content (AvgIpc) is 3.08. The van der Waals surface area contributed by atoms with Crippen LogP contribution in [0.25, 0.3) is 5.69 Å². The number of benzene rings is 2. The van der Waals surface area contributed by atoms with Gasteiger partial charge in [-0.05, 0) is 55.5 Å². The minimum Gasteiger partial charge on any atom is -0.497 e. The molecular formula is C27H29N3O2. The number of anilines is 1. The molecule has 3 aromatic rings. The zero-order chi connectivity index (χ0) is 22.6. The van der Waals surface area contributed by atoms with Gasteiger partial charge in [0.05, 0.1) is 18.5 Å². The first kappa shape index (κ1) is 20.6. The predicted molar refractivity (Wildman–Crippen MR) is 127 cm³/mol. The van der Waals surface area contributed by atoms with E-state index in [9.17, 15) is 4.79 Å². The second-order valence-corrected chi connectivity index (χ2v) is 9.76. The lowest BCUT2D eigenvalue weighted by molar-refractivity contribution is -0.118. The first-order valence-electron chi connectivity index (χ1n) is 11.1. The van der Waals surface area contributed by atoms with Crippen molar-refractivity contribution in [1.29, 1.82) is 0 Å². The summed E-state index contributed by atoms with van der Waals surface area (Å²) in [5.74, 6) is 1.84. The topological polar surface area (TPSA) is 56.1 Å². The Labute approximate surface area is 189 Å². The lowest BCUT2D eigenvalue weighted by Crippen LogP contribution is -2.34. The minimum atomic E-state index is -0.144. The van der Waals surface area contributed by atoms with Gasteiger partial charge < -0.3 is 10.1 Å². The van der Waals surface area contributed by atoms with Crippen LogP contribution in [0.1, 0.15) is 55.0 Å². The number of nitrogens with one attached hydrogen (secondary N) is 1. The van der Waals surface area contributed by atoms with Gasteiger partial charge in [-0.1, -0.05) is 43.7 Å². The highest BCUT2D eigenvalue weighted by atomic mass is 16.5. The molecule has 1 aromatic heterocycles. The van der Waals surface area contributed by atoms with Crippen LogP contribution in [0.5, 0.6) is 5.75 Å². The van der Waals surface area contributed by atoms with Gasteiger partial charge in [0.2, 0.25) is 0 Å². The number of ketones is 1. The molecule has 0 unspecified atom stereocenters. The number of carbonyl (C=O) groups is 1. The van der Waals surface area contributed by atoms with E-state index in [0.717, 1.165) is 51.8 Å². The number of nitrogens with zero attached hydrogens (tertiary/aromatic N) is 2. The van der Waals surface area contributed by atoms with Crippen LogP contribution in [0.3, 0.4) is 0 Å². The van der Waals surface area contributed by atoms with Gasteiger partial charge in [0, 0.05) is 29.2 Å². The van der Waals surface area contributed by atoms with E-state index in [-0.39, 0.29) is 17.1 Å². The second kappa shape index (κ2) is 7.37. The SMILES string of the molecule is COc1ccc([C@@H]2C3=C(CC(C)(C)CC3=O)Nc3c2c(C)nn3-c2ccc(C)cc2)cc1. The number of hydrogen-bond donors (Lipinski definition) is 1. The number of aromatic nitrogens is 2. The third-order valence-electron chi connectivity index (χ3n) is 6.60. The molecule has 0 fully saturated rings. The third-order valence-corrected chi connectivity index (χ3v) is 6.60. The fourth-order valence-corrected chi connectivity index (χ4v) is 5.08. The molecule has 2 heterocycles. The number of allylic oxidation sites excluding steroid dienone is 2. The van der Waals surface area contributed by atoms with Crippen molar-refractivity contribution in [3.8, 4) is 11.4 Å². The Morgan fingerprint density at radius 2 is 1.72 bits per heavy atom. The van der Waals surface area contributed by atoms with Gasteiger partial charge in [0.25, 0.3) is 0 Å². The summed E-state index contributed by atoms with van der Waals surface area (Å²) < 4.78 is 7.35. The normalized spacial score (nSPS) is 19.3. The summed E-state index contributed by atoms with van der Waals surface area (Å²) in [5.41, 5.74) is 7.13. The van der Waals surface area contributed by atoms with Gasteiger partial charge in [0.1, 0.15) is 11.6 Å². The van der Waals surface area contributed by atoms with Gasteiger partial charge >= 0.3 is 0 Å². The first-order valence-corrected chi connectivity index (χ1v) is 11.1. The molecule has 32 heavy (non-hydrogen) atoms. The molecule has 1 aliphatic heterocycles. The highest BCUT2D eigenvalue weighted by Crippen LogP contribution is 2.50. The first-order chi connectivity index (χ1) is 15.3. The summed E-state index contributed by atoms with van der Waals surface area (Å²) in [6.07, 6.45) is 1.39. The van der Waals surface area contributed by atoms with Crippen molar-refractivity contribution >= 4 is 11.6 Å². The average molecular weight is 428 g/mol. The van der Waals surface area contributed by atoms with Crippen LogP contribution < -0.4 is 10.1 Å². The van der Waals surface area contributed by atoms with Crippen molar-refractivity contribution in [3.63, 3.8) is 0 Å². The van der Waals surface area contributed by atoms with Crippen LogP contribution in [0.4, 0.5) is 5.82 Å². The standard InChI is InChI=1S/C27H29N3O2/c1-16-6-10-19(11-7-16)30-26-23(17(2)29-30)24(18-8-12-20(32-5)13-9-18)25-21(28-26)14-27(3,4)15-22(25)31/h6-13,24,28H,14-15H2,1-5H3/t24-/m0/s1. The van der Waals surface area contributed by atoms with Crippen LogP contribution in [0.2, 0.25) is 0 Å². The number of methoxy groups -OCH3 is 1. The van der Waals surface area contributed by atoms with Crippen LogP contribution in [-0.2, 0) is 4.79 Å². The van der Waals surface area contributed by atoms with Crippen molar-refractivity contribution in [2.75, 3.05) is 12.4 Å². The molecule has 2 aliphatic rings. The molecule has 1 atom stereocenters. The Morgan fingerprint density at radius 3 is 2.38 bits per heavy atom. The van der Waals surface area contributed by atoms with E-state index >= 15 is 0 Å². The minimum absolute atomic E-state index is 0.0748. The molecule has 2 aromatic carbocycles. The smallest absolute Gasteiger partial charge is 0.162 e. The molecule has 0 spiro atoms. The Balaban J connectivity index is 1.73. The lowest BCUT2D eigenvalue weighted by atomic mass is 9.69. The summed E-state index contributed by atoms with van der Waals surface area (Å²) in [4.78, 5) is 13.4. The van der Waals surface area contributed by atoms with Gasteiger partial charge in [-0.15, -0.1) is 0 Å². The quantitative estimate of drug-likeness (QED) is 0.583. The number of ether oxygens (including phenoxy) is 1. The number of rotatable bonds is 3. The zero-order valence-electron chi connectivity index (χ0n) is 19.3. The number of hydrogen-bond acceptors (Lipinski definition) is 4. The fraction of sp³-hybridized carbons (Fsp3) is 0.333. The molecule has 0 radical (unpaired) electrons. The molecular weight excluding hydrogens is 398 g/mol. The largest absolute Gasteiger partial charge is 0.497 e. The Bertz CT molecular complexity index is 1230. The van der Waals surface area contributed by atoms with Crippen LogP contribution in [-0.4, -0.2) is 22.7 Å². The number of carbonyl (C=O) groups excluding carboxylic acids is 1. The van der Waals surface area contributed by atoms with E-state index < -0.39 is 0 Å². The summed E-state index contributed by atoms with van der Waals surface area (Å²) >= 11 is 0. The van der Waals surface area contributed by atoms with E-state index in [1.54, 1.807) is 7.11 Å². The number of aryl methyl sites for hydroxylation is 2.